The normalized spacial score (nSPS) is 19.7. The van der Waals surface area contributed by atoms with Crippen LogP contribution in [0.3, 0.4) is 0 Å². The molecule has 162 valence electrons. The Kier molecular flexibility index (Phi) is 5.99. The van der Waals surface area contributed by atoms with Gasteiger partial charge >= 0.3 is 6.09 Å². The molecule has 3 heterocycles. The number of fused-ring (bicyclic) bond motifs is 1. The van der Waals surface area contributed by atoms with Crippen LogP contribution in [0, 0.1) is 5.92 Å². The van der Waals surface area contributed by atoms with Gasteiger partial charge in [0.1, 0.15) is 5.75 Å². The lowest BCUT2D eigenvalue weighted by Gasteiger charge is -2.34. The smallest absolute Gasteiger partial charge is 0.412 e. The molecular weight excluding hydrogens is 380 g/mol. The number of hydrogen-bond acceptors (Lipinski definition) is 4. The van der Waals surface area contributed by atoms with E-state index in [0.717, 1.165) is 66.9 Å². The van der Waals surface area contributed by atoms with Crippen molar-refractivity contribution >= 4 is 11.8 Å². The molecule has 7 heteroatoms. The number of hydrogen-bond donors (Lipinski definition) is 2. The Bertz CT molecular complexity index is 902. The molecule has 0 spiro atoms. The molecule has 30 heavy (non-hydrogen) atoms. The van der Waals surface area contributed by atoms with Crippen LogP contribution < -0.4 is 15.0 Å². The third kappa shape index (κ3) is 4.03. The summed E-state index contributed by atoms with van der Waals surface area (Å²) in [4.78, 5) is 13.4. The molecule has 2 N–H and O–H groups in total. The highest BCUT2D eigenvalue weighted by Gasteiger charge is 2.31. The second kappa shape index (κ2) is 8.68. The number of carbonyl (C=O) groups is 1. The van der Waals surface area contributed by atoms with Crippen molar-refractivity contribution in [3.8, 4) is 16.9 Å². The summed E-state index contributed by atoms with van der Waals surface area (Å²) in [6.45, 7) is 8.83. The number of aromatic nitrogens is 2. The minimum absolute atomic E-state index is 0.0403. The summed E-state index contributed by atoms with van der Waals surface area (Å²) < 4.78 is 8.38. The van der Waals surface area contributed by atoms with Gasteiger partial charge in [0.25, 0.3) is 0 Å². The number of anilines is 1. The number of nitrogens with one attached hydrogen (secondary N) is 1. The summed E-state index contributed by atoms with van der Waals surface area (Å²) in [5.74, 6) is 1.19. The molecule has 1 aromatic heterocycles. The van der Waals surface area contributed by atoms with Gasteiger partial charge in [-0.05, 0) is 63.7 Å². The summed E-state index contributed by atoms with van der Waals surface area (Å²) in [7, 11) is 0. The van der Waals surface area contributed by atoms with Crippen LogP contribution in [0.15, 0.2) is 24.5 Å². The van der Waals surface area contributed by atoms with Crippen molar-refractivity contribution in [3.63, 3.8) is 0 Å². The second-order valence-electron chi connectivity index (χ2n) is 8.88. The molecule has 2 aliphatic rings. The highest BCUT2D eigenvalue weighted by molar-refractivity contribution is 5.91. The molecule has 4 rings (SSSR count). The molecule has 1 aromatic carbocycles. The van der Waals surface area contributed by atoms with Crippen LogP contribution in [0.25, 0.3) is 11.1 Å². The Morgan fingerprint density at radius 1 is 1.30 bits per heavy atom. The highest BCUT2D eigenvalue weighted by atomic mass is 16.5. The van der Waals surface area contributed by atoms with Crippen LogP contribution >= 0.6 is 0 Å². The highest BCUT2D eigenvalue weighted by Crippen LogP contribution is 2.43. The maximum Gasteiger partial charge on any atom is 0.412 e. The van der Waals surface area contributed by atoms with Crippen LogP contribution in [0.4, 0.5) is 10.5 Å². The standard InChI is InChI=1S/C23H32N4O3/c1-15(2)14-30-22-19(17-12-25-26(13-17)18-8-10-24-11-9-18)6-7-21-20(22)5-4-16(3)27(21)23(28)29/h6-7,12-13,15-16,18,24H,4-5,8-11,14H2,1-3H3,(H,28,29)/t16-/m0/s1. The molecular formula is C23H32N4O3. The van der Waals surface area contributed by atoms with E-state index < -0.39 is 6.09 Å². The average Bonchev–Trinajstić information content (AvgIpc) is 3.22. The minimum atomic E-state index is -0.912. The van der Waals surface area contributed by atoms with Crippen molar-refractivity contribution in [2.45, 2.75) is 58.5 Å². The summed E-state index contributed by atoms with van der Waals surface area (Å²) in [6.07, 6.45) is 6.86. The first-order valence-electron chi connectivity index (χ1n) is 11.0. The maximum absolute atomic E-state index is 11.9. The molecule has 2 aliphatic heterocycles. The van der Waals surface area contributed by atoms with Gasteiger partial charge in [-0.2, -0.15) is 5.10 Å². The predicted molar refractivity (Wildman–Crippen MR) is 117 cm³/mol. The zero-order valence-electron chi connectivity index (χ0n) is 18.1. The van der Waals surface area contributed by atoms with Crippen molar-refractivity contribution in [1.29, 1.82) is 0 Å². The van der Waals surface area contributed by atoms with Crippen molar-refractivity contribution in [2.24, 2.45) is 5.92 Å². The molecule has 0 saturated carbocycles. The molecule has 7 nitrogen and oxygen atoms in total. The molecule has 0 radical (unpaired) electrons. The lowest BCUT2D eigenvalue weighted by molar-refractivity contribution is 0.198. The zero-order chi connectivity index (χ0) is 21.3. The number of ether oxygens (including phenoxy) is 1. The Hall–Kier alpha value is -2.54. The van der Waals surface area contributed by atoms with Gasteiger partial charge in [0.2, 0.25) is 0 Å². The van der Waals surface area contributed by atoms with E-state index >= 15 is 0 Å². The topological polar surface area (TPSA) is 79.6 Å². The molecule has 0 aliphatic carbocycles. The third-order valence-corrected chi connectivity index (χ3v) is 6.11. The van der Waals surface area contributed by atoms with E-state index in [4.69, 9.17) is 4.74 Å². The van der Waals surface area contributed by atoms with Gasteiger partial charge in [0.05, 0.1) is 24.5 Å². The average molecular weight is 413 g/mol. The lowest BCUT2D eigenvalue weighted by Crippen LogP contribution is -2.41. The molecule has 0 bridgehead atoms. The quantitative estimate of drug-likeness (QED) is 0.764. The summed E-state index contributed by atoms with van der Waals surface area (Å²) in [5.41, 5.74) is 3.75. The van der Waals surface area contributed by atoms with Gasteiger partial charge in [-0.1, -0.05) is 13.8 Å². The molecule has 1 fully saturated rings. The Labute approximate surface area is 178 Å². The van der Waals surface area contributed by atoms with Crippen LogP contribution in [-0.2, 0) is 6.42 Å². The number of amides is 1. The first-order chi connectivity index (χ1) is 14.5. The van der Waals surface area contributed by atoms with Crippen LogP contribution in [0.2, 0.25) is 0 Å². The predicted octanol–water partition coefficient (Wildman–Crippen LogP) is 4.33. The van der Waals surface area contributed by atoms with E-state index in [2.05, 4.69) is 35.1 Å². The van der Waals surface area contributed by atoms with Crippen LogP contribution in [-0.4, -0.2) is 46.7 Å². The van der Waals surface area contributed by atoms with Crippen molar-refractivity contribution < 1.29 is 14.6 Å². The van der Waals surface area contributed by atoms with E-state index in [1.807, 2.05) is 25.3 Å². The molecule has 1 atom stereocenters. The third-order valence-electron chi connectivity index (χ3n) is 6.11. The van der Waals surface area contributed by atoms with Gasteiger partial charge in [-0.3, -0.25) is 9.58 Å². The second-order valence-corrected chi connectivity index (χ2v) is 8.88. The van der Waals surface area contributed by atoms with Gasteiger partial charge in [-0.25, -0.2) is 4.79 Å². The number of piperidine rings is 1. The summed E-state index contributed by atoms with van der Waals surface area (Å²) in [6, 6.07) is 4.30. The number of carboxylic acid groups (broad SMARTS) is 1. The van der Waals surface area contributed by atoms with Crippen molar-refractivity contribution in [3.05, 3.63) is 30.1 Å². The number of rotatable bonds is 5. The fraction of sp³-hybridized carbons (Fsp3) is 0.565. The first-order valence-corrected chi connectivity index (χ1v) is 11.0. The molecule has 2 aromatic rings. The molecule has 1 amide bonds. The van der Waals surface area contributed by atoms with Crippen molar-refractivity contribution in [2.75, 3.05) is 24.6 Å². The van der Waals surface area contributed by atoms with Gasteiger partial charge in [0.15, 0.2) is 0 Å². The van der Waals surface area contributed by atoms with E-state index in [0.29, 0.717) is 18.6 Å². The van der Waals surface area contributed by atoms with E-state index in [1.165, 1.54) is 4.90 Å². The molecule has 1 saturated heterocycles. The number of benzene rings is 1. The largest absolute Gasteiger partial charge is 0.492 e. The van der Waals surface area contributed by atoms with Crippen molar-refractivity contribution in [1.82, 2.24) is 15.1 Å². The number of nitrogens with zero attached hydrogens (tertiary/aromatic N) is 3. The monoisotopic (exact) mass is 412 g/mol. The summed E-state index contributed by atoms with van der Waals surface area (Å²) in [5, 5.41) is 17.8. The van der Waals surface area contributed by atoms with E-state index in [1.54, 1.807) is 0 Å². The van der Waals surface area contributed by atoms with Crippen LogP contribution in [0.1, 0.15) is 51.6 Å². The van der Waals surface area contributed by atoms with Gasteiger partial charge in [0, 0.05) is 28.9 Å². The minimum Gasteiger partial charge on any atom is -0.492 e. The fourth-order valence-corrected chi connectivity index (χ4v) is 4.49. The van der Waals surface area contributed by atoms with E-state index in [-0.39, 0.29) is 6.04 Å². The fourth-order valence-electron chi connectivity index (χ4n) is 4.49. The SMILES string of the molecule is CC(C)COc1c(-c2cnn(C3CCNCC3)c2)ccc2c1CC[C@H](C)N2C(=O)O. The van der Waals surface area contributed by atoms with Gasteiger partial charge < -0.3 is 15.2 Å². The van der Waals surface area contributed by atoms with Gasteiger partial charge in [-0.15, -0.1) is 0 Å². The Balaban J connectivity index is 1.74. The first kappa shape index (κ1) is 20.7. The maximum atomic E-state index is 11.9. The molecule has 0 unspecified atom stereocenters. The Morgan fingerprint density at radius 2 is 2.07 bits per heavy atom. The van der Waals surface area contributed by atoms with E-state index in [9.17, 15) is 9.90 Å². The zero-order valence-corrected chi connectivity index (χ0v) is 18.1. The summed E-state index contributed by atoms with van der Waals surface area (Å²) >= 11 is 0. The lowest BCUT2D eigenvalue weighted by atomic mass is 9.92. The van der Waals surface area contributed by atoms with Crippen LogP contribution in [0.5, 0.6) is 5.75 Å². The Morgan fingerprint density at radius 3 is 2.77 bits per heavy atom.